The average molecular weight is 307 g/mol. The van der Waals surface area contributed by atoms with Gasteiger partial charge in [0.25, 0.3) is 0 Å². The van der Waals surface area contributed by atoms with Crippen molar-refractivity contribution in [2.45, 2.75) is 37.5 Å². The Morgan fingerprint density at radius 3 is 2.57 bits per heavy atom. The predicted molar refractivity (Wildman–Crippen MR) is 82.4 cm³/mol. The minimum atomic E-state index is -0.113. The Bertz CT molecular complexity index is 522. The van der Waals surface area contributed by atoms with Gasteiger partial charge in [-0.2, -0.15) is 0 Å². The summed E-state index contributed by atoms with van der Waals surface area (Å²) in [5.41, 5.74) is 1.05. The molecule has 3 rings (SSSR count). The van der Waals surface area contributed by atoms with Crippen molar-refractivity contribution in [1.82, 2.24) is 10.6 Å². The van der Waals surface area contributed by atoms with Gasteiger partial charge in [0.05, 0.1) is 6.04 Å². The second-order valence-corrected chi connectivity index (χ2v) is 5.93. The number of hydrogen-bond donors (Lipinski definition) is 2. The van der Waals surface area contributed by atoms with Crippen molar-refractivity contribution in [3.05, 3.63) is 47.0 Å². The topological polar surface area (TPSA) is 50.4 Å². The van der Waals surface area contributed by atoms with Gasteiger partial charge in [0.15, 0.2) is 0 Å². The van der Waals surface area contributed by atoms with Crippen LogP contribution in [0.4, 0.5) is 4.79 Å². The Morgan fingerprint density at radius 2 is 1.86 bits per heavy atom. The van der Waals surface area contributed by atoms with Gasteiger partial charge in [0.1, 0.15) is 6.10 Å². The van der Waals surface area contributed by atoms with Gasteiger partial charge in [-0.1, -0.05) is 35.9 Å². The lowest BCUT2D eigenvalue weighted by Crippen LogP contribution is -2.46. The highest BCUT2D eigenvalue weighted by Gasteiger charge is 2.31. The van der Waals surface area contributed by atoms with Crippen LogP contribution < -0.4 is 10.6 Å². The van der Waals surface area contributed by atoms with Gasteiger partial charge >= 0.3 is 6.03 Å². The third kappa shape index (κ3) is 3.57. The number of urea groups is 1. The number of ether oxygens (including phenoxy) is 1. The van der Waals surface area contributed by atoms with Gasteiger partial charge in [-0.3, -0.25) is 0 Å². The summed E-state index contributed by atoms with van der Waals surface area (Å²) in [5.74, 6) is 0. The zero-order chi connectivity index (χ0) is 14.7. The molecule has 1 aliphatic carbocycles. The minimum Gasteiger partial charge on any atom is -0.371 e. The number of benzene rings is 1. The van der Waals surface area contributed by atoms with Gasteiger partial charge in [-0.05, 0) is 37.0 Å². The molecule has 0 saturated carbocycles. The van der Waals surface area contributed by atoms with Crippen molar-refractivity contribution in [1.29, 1.82) is 0 Å². The van der Waals surface area contributed by atoms with Crippen LogP contribution in [0.15, 0.2) is 36.4 Å². The van der Waals surface area contributed by atoms with Crippen LogP contribution in [0.2, 0.25) is 5.02 Å². The molecule has 4 nitrogen and oxygen atoms in total. The third-order valence-corrected chi connectivity index (χ3v) is 4.20. The molecule has 21 heavy (non-hydrogen) atoms. The van der Waals surface area contributed by atoms with E-state index in [4.69, 9.17) is 16.3 Å². The van der Waals surface area contributed by atoms with Gasteiger partial charge in [0, 0.05) is 17.7 Å². The van der Waals surface area contributed by atoms with E-state index in [0.717, 1.165) is 24.8 Å². The lowest BCUT2D eigenvalue weighted by molar-refractivity contribution is 0.0998. The molecule has 112 valence electrons. The highest BCUT2D eigenvalue weighted by atomic mass is 35.5. The molecule has 0 aromatic heterocycles. The van der Waals surface area contributed by atoms with E-state index in [-0.39, 0.29) is 24.2 Å². The van der Waals surface area contributed by atoms with E-state index in [1.165, 1.54) is 0 Å². The molecule has 0 radical (unpaired) electrons. The Morgan fingerprint density at radius 1 is 1.14 bits per heavy atom. The molecule has 2 N–H and O–H groups in total. The van der Waals surface area contributed by atoms with Gasteiger partial charge in [-0.15, -0.1) is 0 Å². The molecule has 2 atom stereocenters. The number of halogens is 1. The Kier molecular flexibility index (Phi) is 4.46. The first-order valence-corrected chi connectivity index (χ1v) is 7.69. The first-order valence-electron chi connectivity index (χ1n) is 7.31. The lowest BCUT2D eigenvalue weighted by atomic mass is 10.0. The summed E-state index contributed by atoms with van der Waals surface area (Å²) in [6.07, 6.45) is 6.74. The molecule has 5 heteroatoms. The number of hydrogen-bond acceptors (Lipinski definition) is 2. The molecule has 1 fully saturated rings. The zero-order valence-corrected chi connectivity index (χ0v) is 12.5. The molecule has 1 aromatic rings. The van der Waals surface area contributed by atoms with E-state index in [1.54, 1.807) is 0 Å². The fourth-order valence-electron chi connectivity index (χ4n) is 2.85. The molecule has 0 spiro atoms. The first-order chi connectivity index (χ1) is 10.2. The maximum atomic E-state index is 12.1. The standard InChI is InChI=1S/C16H19ClN2O2/c17-12-7-5-11(6-8-12)15-14(9-10-21-15)19-16(20)18-13-3-1-2-4-13/h1-2,5-8,13-15H,3-4,9-10H2,(H2,18,19,20)/t14-,15-/m1/s1. The van der Waals surface area contributed by atoms with Crippen molar-refractivity contribution in [3.8, 4) is 0 Å². The predicted octanol–water partition coefficient (Wildman–Crippen LogP) is 3.19. The molecule has 0 unspecified atom stereocenters. The van der Waals surface area contributed by atoms with E-state index < -0.39 is 0 Å². The summed E-state index contributed by atoms with van der Waals surface area (Å²) in [7, 11) is 0. The van der Waals surface area contributed by atoms with E-state index in [0.29, 0.717) is 11.6 Å². The summed E-state index contributed by atoms with van der Waals surface area (Å²) in [4.78, 5) is 12.1. The van der Waals surface area contributed by atoms with Crippen LogP contribution in [0.5, 0.6) is 0 Å². The van der Waals surface area contributed by atoms with Crippen molar-refractivity contribution < 1.29 is 9.53 Å². The Balaban J connectivity index is 1.58. The number of amides is 2. The number of carbonyl (C=O) groups is 1. The zero-order valence-electron chi connectivity index (χ0n) is 11.7. The fourth-order valence-corrected chi connectivity index (χ4v) is 2.97. The monoisotopic (exact) mass is 306 g/mol. The van der Waals surface area contributed by atoms with E-state index >= 15 is 0 Å². The fraction of sp³-hybridized carbons (Fsp3) is 0.438. The number of nitrogens with one attached hydrogen (secondary N) is 2. The summed E-state index contributed by atoms with van der Waals surface area (Å²) in [6.45, 7) is 0.656. The summed E-state index contributed by atoms with van der Waals surface area (Å²) >= 11 is 5.91. The second-order valence-electron chi connectivity index (χ2n) is 5.50. The molecule has 2 aliphatic rings. The number of rotatable bonds is 3. The molecule has 0 bridgehead atoms. The Labute approximate surface area is 129 Å². The maximum Gasteiger partial charge on any atom is 0.315 e. The van der Waals surface area contributed by atoms with E-state index in [2.05, 4.69) is 22.8 Å². The van der Waals surface area contributed by atoms with Crippen LogP contribution in [0, 0.1) is 0 Å². The van der Waals surface area contributed by atoms with Gasteiger partial charge < -0.3 is 15.4 Å². The highest BCUT2D eigenvalue weighted by molar-refractivity contribution is 6.30. The third-order valence-electron chi connectivity index (χ3n) is 3.95. The van der Waals surface area contributed by atoms with Crippen molar-refractivity contribution in [2.75, 3.05) is 6.61 Å². The largest absolute Gasteiger partial charge is 0.371 e. The SMILES string of the molecule is O=C(NC1CC=CC1)N[C@@H]1CCO[C@@H]1c1ccc(Cl)cc1. The van der Waals surface area contributed by atoms with E-state index in [1.807, 2.05) is 24.3 Å². The van der Waals surface area contributed by atoms with Crippen molar-refractivity contribution in [2.24, 2.45) is 0 Å². The summed E-state index contributed by atoms with van der Waals surface area (Å²) in [6, 6.07) is 7.71. The summed E-state index contributed by atoms with van der Waals surface area (Å²) < 4.78 is 5.76. The van der Waals surface area contributed by atoms with Crippen LogP contribution in [0.1, 0.15) is 30.9 Å². The van der Waals surface area contributed by atoms with Crippen molar-refractivity contribution in [3.63, 3.8) is 0 Å². The molecular weight excluding hydrogens is 288 g/mol. The molecule has 1 saturated heterocycles. The Hall–Kier alpha value is -1.52. The van der Waals surface area contributed by atoms with Gasteiger partial charge in [-0.25, -0.2) is 4.79 Å². The molecule has 2 amide bonds. The van der Waals surface area contributed by atoms with E-state index in [9.17, 15) is 4.79 Å². The van der Waals surface area contributed by atoms with Crippen LogP contribution in [0.3, 0.4) is 0 Å². The molecule has 1 aliphatic heterocycles. The van der Waals surface area contributed by atoms with Gasteiger partial charge in [0.2, 0.25) is 0 Å². The summed E-state index contributed by atoms with van der Waals surface area (Å²) in [5, 5.41) is 6.73. The molecular formula is C16H19ClN2O2. The highest BCUT2D eigenvalue weighted by Crippen LogP contribution is 2.29. The van der Waals surface area contributed by atoms with Crippen LogP contribution in [-0.2, 0) is 4.74 Å². The maximum absolute atomic E-state index is 12.1. The van der Waals surface area contributed by atoms with Crippen LogP contribution >= 0.6 is 11.6 Å². The molecule has 1 heterocycles. The minimum absolute atomic E-state index is 0.000498. The van der Waals surface area contributed by atoms with Crippen LogP contribution in [-0.4, -0.2) is 24.7 Å². The second kappa shape index (κ2) is 6.50. The lowest BCUT2D eigenvalue weighted by Gasteiger charge is -2.22. The first kappa shape index (κ1) is 14.4. The normalized spacial score (nSPS) is 25.2. The quantitative estimate of drug-likeness (QED) is 0.843. The average Bonchev–Trinajstić information content (AvgIpc) is 3.11. The molecule has 1 aromatic carbocycles. The van der Waals surface area contributed by atoms with Crippen molar-refractivity contribution >= 4 is 17.6 Å². The number of carbonyl (C=O) groups excluding carboxylic acids is 1. The van der Waals surface area contributed by atoms with Crippen LogP contribution in [0.25, 0.3) is 0 Å². The smallest absolute Gasteiger partial charge is 0.315 e.